The predicted molar refractivity (Wildman–Crippen MR) is 94.2 cm³/mol. The number of nitrogens with zero attached hydrogens (tertiary/aromatic N) is 2. The van der Waals surface area contributed by atoms with Crippen LogP contribution in [0.4, 0.5) is 0 Å². The van der Waals surface area contributed by atoms with E-state index in [9.17, 15) is 0 Å². The van der Waals surface area contributed by atoms with Gasteiger partial charge in [-0.2, -0.15) is 0 Å². The molecule has 1 fully saturated rings. The van der Waals surface area contributed by atoms with Crippen molar-refractivity contribution in [2.45, 2.75) is 26.3 Å². The molecule has 24 heavy (non-hydrogen) atoms. The molecular weight excluding hydrogens is 308 g/mol. The Balaban J connectivity index is 1.88. The third-order valence-electron chi connectivity index (χ3n) is 3.99. The zero-order valence-electron chi connectivity index (χ0n) is 14.8. The van der Waals surface area contributed by atoms with Gasteiger partial charge in [-0.3, -0.25) is 9.89 Å². The maximum absolute atomic E-state index is 5.97. The quantitative estimate of drug-likeness (QED) is 0.401. The Hall–Kier alpha value is -1.57. The van der Waals surface area contributed by atoms with Crippen LogP contribution in [0.1, 0.15) is 30.9 Å². The highest BCUT2D eigenvalue weighted by Gasteiger charge is 2.25. The Morgan fingerprint density at radius 3 is 2.88 bits per heavy atom. The van der Waals surface area contributed by atoms with Crippen LogP contribution in [0.3, 0.4) is 0 Å². The lowest BCUT2D eigenvalue weighted by molar-refractivity contribution is 0.0135. The number of aliphatic imine (C=N–C) groups is 1. The molecule has 7 heteroatoms. The largest absolute Gasteiger partial charge is 0.465 e. The Bertz CT molecular complexity index is 498. The fourth-order valence-electron chi connectivity index (χ4n) is 2.68. The summed E-state index contributed by atoms with van der Waals surface area (Å²) in [6.07, 6.45) is 0.911. The molecule has 1 aromatic heterocycles. The molecule has 1 aliphatic heterocycles. The zero-order valence-corrected chi connectivity index (χ0v) is 14.8. The highest BCUT2D eigenvalue weighted by atomic mass is 16.5. The number of hydrogen-bond donors (Lipinski definition) is 2. The van der Waals surface area contributed by atoms with Gasteiger partial charge in [0.1, 0.15) is 11.5 Å². The van der Waals surface area contributed by atoms with E-state index < -0.39 is 0 Å². The molecule has 1 saturated heterocycles. The first-order valence-corrected chi connectivity index (χ1v) is 8.70. The lowest BCUT2D eigenvalue weighted by atomic mass is 10.2. The third-order valence-corrected chi connectivity index (χ3v) is 3.99. The van der Waals surface area contributed by atoms with Crippen LogP contribution in [0, 0.1) is 6.92 Å². The number of hydrogen-bond acceptors (Lipinski definition) is 5. The maximum Gasteiger partial charge on any atom is 0.188 e. The third kappa shape index (κ3) is 6.14. The van der Waals surface area contributed by atoms with E-state index in [0.29, 0.717) is 12.5 Å². The lowest BCUT2D eigenvalue weighted by Crippen LogP contribution is -2.41. The van der Waals surface area contributed by atoms with Crippen molar-refractivity contribution in [1.29, 1.82) is 0 Å². The van der Waals surface area contributed by atoms with Gasteiger partial charge in [-0.1, -0.05) is 0 Å². The zero-order chi connectivity index (χ0) is 17.2. The van der Waals surface area contributed by atoms with Gasteiger partial charge >= 0.3 is 0 Å². The number of ether oxygens (including phenoxy) is 2. The molecule has 0 bridgehead atoms. The summed E-state index contributed by atoms with van der Waals surface area (Å²) in [6.45, 7) is 9.99. The van der Waals surface area contributed by atoms with E-state index in [1.165, 1.54) is 0 Å². The summed E-state index contributed by atoms with van der Waals surface area (Å²) in [6, 6.07) is 4.10. The number of rotatable bonds is 9. The van der Waals surface area contributed by atoms with Crippen molar-refractivity contribution in [3.05, 3.63) is 23.7 Å². The lowest BCUT2D eigenvalue weighted by Gasteiger charge is -2.32. The second-order valence-electron chi connectivity index (χ2n) is 5.82. The van der Waals surface area contributed by atoms with Crippen LogP contribution in [0.15, 0.2) is 21.5 Å². The van der Waals surface area contributed by atoms with E-state index in [-0.39, 0.29) is 6.04 Å². The molecule has 0 amide bonds. The molecule has 1 aliphatic rings. The van der Waals surface area contributed by atoms with Crippen LogP contribution in [-0.4, -0.2) is 63.5 Å². The number of nitrogens with one attached hydrogen (secondary N) is 1. The Labute approximate surface area is 144 Å². The van der Waals surface area contributed by atoms with E-state index in [4.69, 9.17) is 19.6 Å². The highest BCUT2D eigenvalue weighted by Crippen LogP contribution is 2.24. The van der Waals surface area contributed by atoms with Crippen LogP contribution < -0.4 is 11.1 Å². The van der Waals surface area contributed by atoms with Crippen molar-refractivity contribution in [2.24, 2.45) is 10.7 Å². The second kappa shape index (κ2) is 10.3. The summed E-state index contributed by atoms with van der Waals surface area (Å²) in [5.74, 6) is 2.31. The minimum absolute atomic E-state index is 0.0892. The van der Waals surface area contributed by atoms with Gasteiger partial charge in [-0.05, 0) is 32.4 Å². The highest BCUT2D eigenvalue weighted by molar-refractivity contribution is 5.77. The van der Waals surface area contributed by atoms with E-state index in [0.717, 1.165) is 64.0 Å². The molecule has 2 heterocycles. The van der Waals surface area contributed by atoms with Gasteiger partial charge in [0.05, 0.1) is 25.8 Å². The number of guanidine groups is 1. The predicted octanol–water partition coefficient (Wildman–Crippen LogP) is 1.29. The molecule has 0 aromatic carbocycles. The summed E-state index contributed by atoms with van der Waals surface area (Å²) >= 11 is 0. The van der Waals surface area contributed by atoms with Crippen molar-refractivity contribution in [3.8, 4) is 0 Å². The first kappa shape index (κ1) is 18.8. The molecule has 1 unspecified atom stereocenters. The van der Waals surface area contributed by atoms with E-state index in [2.05, 4.69) is 15.2 Å². The minimum atomic E-state index is 0.0892. The second-order valence-corrected chi connectivity index (χ2v) is 5.82. The average molecular weight is 338 g/mol. The topological polar surface area (TPSA) is 85.2 Å². The van der Waals surface area contributed by atoms with Crippen LogP contribution >= 0.6 is 0 Å². The molecular formula is C17H30N4O3. The van der Waals surface area contributed by atoms with E-state index in [1.54, 1.807) is 0 Å². The fraction of sp³-hybridized carbons (Fsp3) is 0.706. The fourth-order valence-corrected chi connectivity index (χ4v) is 2.68. The van der Waals surface area contributed by atoms with E-state index >= 15 is 0 Å². The molecule has 1 atom stereocenters. The maximum atomic E-state index is 5.97. The number of nitrogens with two attached hydrogens (primary N) is 1. The van der Waals surface area contributed by atoms with E-state index in [1.807, 2.05) is 26.0 Å². The smallest absolute Gasteiger partial charge is 0.188 e. The van der Waals surface area contributed by atoms with Crippen molar-refractivity contribution < 1.29 is 13.9 Å². The van der Waals surface area contributed by atoms with Crippen molar-refractivity contribution in [2.75, 3.05) is 52.6 Å². The first-order chi connectivity index (χ1) is 11.7. The summed E-state index contributed by atoms with van der Waals surface area (Å²) in [5.41, 5.74) is 5.97. The molecule has 0 spiro atoms. The van der Waals surface area contributed by atoms with Gasteiger partial charge in [0.2, 0.25) is 0 Å². The average Bonchev–Trinajstić information content (AvgIpc) is 3.02. The number of aryl methyl sites for hydroxylation is 1. The Morgan fingerprint density at radius 2 is 2.21 bits per heavy atom. The first-order valence-electron chi connectivity index (χ1n) is 8.70. The Morgan fingerprint density at radius 1 is 1.42 bits per heavy atom. The molecule has 0 radical (unpaired) electrons. The normalized spacial score (nSPS) is 17.8. The van der Waals surface area contributed by atoms with Gasteiger partial charge in [0.25, 0.3) is 0 Å². The standard InChI is InChI=1S/C17H30N4O3/c1-3-22-10-4-7-19-17(18)20-13-15(16-6-5-14(2)24-16)21-8-11-23-12-9-21/h5-6,15H,3-4,7-13H2,1-2H3,(H3,18,19,20). The molecule has 0 aliphatic carbocycles. The van der Waals surface area contributed by atoms with Crippen LogP contribution in [0.25, 0.3) is 0 Å². The van der Waals surface area contributed by atoms with Gasteiger partial charge in [-0.25, -0.2) is 0 Å². The summed E-state index contributed by atoms with van der Waals surface area (Å²) in [5, 5.41) is 3.13. The molecule has 7 nitrogen and oxygen atoms in total. The molecule has 3 N–H and O–H groups in total. The van der Waals surface area contributed by atoms with Crippen molar-refractivity contribution >= 4 is 5.96 Å². The Kier molecular flexibility index (Phi) is 8.07. The minimum Gasteiger partial charge on any atom is -0.465 e. The van der Waals surface area contributed by atoms with Gasteiger partial charge in [-0.15, -0.1) is 0 Å². The van der Waals surface area contributed by atoms with Gasteiger partial charge < -0.3 is 24.9 Å². The van der Waals surface area contributed by atoms with Crippen LogP contribution in [0.5, 0.6) is 0 Å². The van der Waals surface area contributed by atoms with Crippen molar-refractivity contribution in [1.82, 2.24) is 10.2 Å². The van der Waals surface area contributed by atoms with Crippen LogP contribution in [-0.2, 0) is 9.47 Å². The summed E-state index contributed by atoms with van der Waals surface area (Å²) in [7, 11) is 0. The van der Waals surface area contributed by atoms with Crippen LogP contribution in [0.2, 0.25) is 0 Å². The molecule has 0 saturated carbocycles. The number of furan rings is 1. The molecule has 136 valence electrons. The van der Waals surface area contributed by atoms with Gasteiger partial charge in [0, 0.05) is 32.8 Å². The number of morpholine rings is 1. The summed E-state index contributed by atoms with van der Waals surface area (Å²) in [4.78, 5) is 6.84. The summed E-state index contributed by atoms with van der Waals surface area (Å²) < 4.78 is 16.6. The monoisotopic (exact) mass is 338 g/mol. The van der Waals surface area contributed by atoms with Crippen molar-refractivity contribution in [3.63, 3.8) is 0 Å². The molecule has 2 rings (SSSR count). The van der Waals surface area contributed by atoms with Gasteiger partial charge in [0.15, 0.2) is 5.96 Å². The SMILES string of the molecule is CCOCCCNC(N)=NCC(c1ccc(C)o1)N1CCOCC1. The molecule has 1 aromatic rings.